The zero-order chi connectivity index (χ0) is 48.0. The Morgan fingerprint density at radius 1 is 1.00 bits per heavy atom. The summed E-state index contributed by atoms with van der Waals surface area (Å²) in [5.41, 5.74) is -4.32. The number of Topliss-reactive ketones (excluding diaryl/α,β-unsaturated/α-hetero) is 1. The molecule has 12 nitrogen and oxygen atoms in total. The first-order chi connectivity index (χ1) is 30.9. The second kappa shape index (κ2) is 18.7. The molecule has 4 aliphatic rings. The van der Waals surface area contributed by atoms with Crippen LogP contribution in [0.2, 0.25) is 0 Å². The molecular weight excluding hydrogens is 915 g/mol. The number of nitrogens with one attached hydrogen (secondary N) is 1. The van der Waals surface area contributed by atoms with Gasteiger partial charge in [0.05, 0.1) is 46.8 Å². The first-order valence-electron chi connectivity index (χ1n) is 22.0. The number of esters is 1. The fourth-order valence-corrected chi connectivity index (χ4v) is 11.0. The molecule has 358 valence electrons. The van der Waals surface area contributed by atoms with Crippen LogP contribution in [0.5, 0.6) is 5.75 Å². The number of amides is 2. The SMILES string of the molecule is CC[C@@H]1C[C@H](C)CC/C=C\[C@@H]2C[C@@]2(C(=O)NS(=O)(=O)C2CC2)CC(=O)[C@@H]2C[C@@H](Oc3cc(-c4ccc(C(F)(F)F)cc4)nc(-c4nccs4)c3)CN2C(=O)[C@H]1CC(=O)OC(C)(C)C(F)(F)F. The molecule has 7 atom stereocenters. The van der Waals surface area contributed by atoms with Crippen molar-refractivity contribution in [3.8, 4) is 27.7 Å². The third kappa shape index (κ3) is 11.0. The predicted molar refractivity (Wildman–Crippen MR) is 231 cm³/mol. The number of hydrogen-bond acceptors (Lipinski definition) is 11. The fourth-order valence-electron chi connectivity index (χ4n) is 9.01. The molecule has 3 aromatic rings. The molecular formula is C46H52F6N4O8S2. The third-order valence-electron chi connectivity index (χ3n) is 13.2. The lowest BCUT2D eigenvalue weighted by atomic mass is 9.79. The van der Waals surface area contributed by atoms with E-state index in [0.29, 0.717) is 68.6 Å². The molecule has 2 aliphatic carbocycles. The minimum Gasteiger partial charge on any atom is -0.488 e. The summed E-state index contributed by atoms with van der Waals surface area (Å²) in [6.07, 6.45) is -3.63. The second-order valence-electron chi connectivity index (χ2n) is 18.6. The maximum absolute atomic E-state index is 15.1. The number of carbonyl (C=O) groups is 4. The molecule has 0 radical (unpaired) electrons. The summed E-state index contributed by atoms with van der Waals surface area (Å²) in [5, 5.41) is 1.45. The fraction of sp³-hybridized carbons (Fsp3) is 0.565. The summed E-state index contributed by atoms with van der Waals surface area (Å²) in [4.78, 5) is 67.6. The van der Waals surface area contributed by atoms with Crippen LogP contribution in [0.25, 0.3) is 22.0 Å². The van der Waals surface area contributed by atoms with E-state index in [9.17, 15) is 49.1 Å². The van der Waals surface area contributed by atoms with E-state index in [0.717, 1.165) is 12.1 Å². The Morgan fingerprint density at radius 2 is 1.70 bits per heavy atom. The van der Waals surface area contributed by atoms with Gasteiger partial charge in [0, 0.05) is 42.1 Å². The minimum atomic E-state index is -4.92. The number of pyridine rings is 1. The standard InChI is InChI=1S/C46H52F6N4O8S2/c1-5-27-18-26(2)8-6-7-9-30-23-44(30,42(60)55-66(61,62)33-14-15-33)24-38(57)37-21-32(25-56(37)41(59)34(27)22-39(58)64-43(3,4)46(50,51)52)63-31-19-35(54-36(20-31)40-53-16-17-65-40)28-10-12-29(13-11-28)45(47,48)49/h7,9-13,16-17,19-20,26-27,30,32-34,37H,5-6,8,14-15,18,21-25H2,1-4H3,(H,55,60)/b9-7-/t26-,27-,30-,32-,34+,37+,44-/m1/s1. The molecule has 2 aromatic heterocycles. The predicted octanol–water partition coefficient (Wildman–Crippen LogP) is 9.11. The van der Waals surface area contributed by atoms with Crippen molar-refractivity contribution in [2.45, 2.75) is 127 Å². The monoisotopic (exact) mass is 966 g/mol. The van der Waals surface area contributed by atoms with Crippen molar-refractivity contribution in [1.82, 2.24) is 19.6 Å². The van der Waals surface area contributed by atoms with Crippen LogP contribution in [0.1, 0.15) is 97.5 Å². The summed E-state index contributed by atoms with van der Waals surface area (Å²) < 4.78 is 122. The molecule has 20 heteroatoms. The van der Waals surface area contributed by atoms with Crippen LogP contribution in [-0.4, -0.2) is 82.6 Å². The van der Waals surface area contributed by atoms with E-state index in [1.54, 1.807) is 24.6 Å². The molecule has 1 aromatic carbocycles. The van der Waals surface area contributed by atoms with Gasteiger partial charge in [0.2, 0.25) is 27.4 Å². The number of halogens is 6. The summed E-state index contributed by atoms with van der Waals surface area (Å²) in [5.74, 6) is -5.48. The second-order valence-corrected chi connectivity index (χ2v) is 21.4. The quantitative estimate of drug-likeness (QED) is 0.112. The van der Waals surface area contributed by atoms with Crippen LogP contribution in [0.15, 0.2) is 60.1 Å². The summed E-state index contributed by atoms with van der Waals surface area (Å²) in [6.45, 7) is 4.94. The van der Waals surface area contributed by atoms with Gasteiger partial charge < -0.3 is 14.4 Å². The van der Waals surface area contributed by atoms with Gasteiger partial charge >= 0.3 is 18.3 Å². The number of ether oxygens (including phenoxy) is 2. The highest BCUT2D eigenvalue weighted by molar-refractivity contribution is 7.90. The lowest BCUT2D eigenvalue weighted by Crippen LogP contribution is -2.48. The number of carbonyl (C=O) groups excluding carboxylic acids is 4. The van der Waals surface area contributed by atoms with Gasteiger partial charge in [-0.2, -0.15) is 26.3 Å². The van der Waals surface area contributed by atoms with Gasteiger partial charge in [-0.1, -0.05) is 44.6 Å². The Morgan fingerprint density at radius 3 is 2.32 bits per heavy atom. The van der Waals surface area contributed by atoms with Crippen molar-refractivity contribution in [1.29, 1.82) is 0 Å². The molecule has 2 amide bonds. The summed E-state index contributed by atoms with van der Waals surface area (Å²) in [6, 6.07) is 6.14. The maximum atomic E-state index is 15.1. The number of allylic oxidation sites excluding steroid dienone is 2. The van der Waals surface area contributed by atoms with Gasteiger partial charge in [-0.3, -0.25) is 23.9 Å². The van der Waals surface area contributed by atoms with Crippen LogP contribution < -0.4 is 9.46 Å². The van der Waals surface area contributed by atoms with E-state index in [1.807, 2.05) is 19.1 Å². The van der Waals surface area contributed by atoms with Gasteiger partial charge in [-0.25, -0.2) is 18.4 Å². The van der Waals surface area contributed by atoms with E-state index in [4.69, 9.17) is 9.47 Å². The van der Waals surface area contributed by atoms with E-state index in [-0.39, 0.29) is 36.7 Å². The average Bonchev–Trinajstić information content (AvgIpc) is 4.10. The number of nitrogens with zero attached hydrogens (tertiary/aromatic N) is 3. The van der Waals surface area contributed by atoms with E-state index >= 15 is 4.79 Å². The number of fused-ring (bicyclic) bond motifs is 2. The molecule has 0 spiro atoms. The van der Waals surface area contributed by atoms with Crippen molar-refractivity contribution in [3.63, 3.8) is 0 Å². The molecule has 3 fully saturated rings. The zero-order valence-corrected chi connectivity index (χ0v) is 38.4. The third-order valence-corrected chi connectivity index (χ3v) is 15.8. The Kier molecular flexibility index (Phi) is 13.9. The zero-order valence-electron chi connectivity index (χ0n) is 36.8. The highest BCUT2D eigenvalue weighted by Crippen LogP contribution is 2.57. The molecule has 0 unspecified atom stereocenters. The molecule has 1 saturated heterocycles. The normalized spacial score (nSPS) is 27.2. The van der Waals surface area contributed by atoms with Crippen LogP contribution in [-0.2, 0) is 40.1 Å². The number of aromatic nitrogens is 2. The Labute approximate surface area is 383 Å². The van der Waals surface area contributed by atoms with Gasteiger partial charge in [0.25, 0.3) is 0 Å². The number of sulfonamides is 1. The van der Waals surface area contributed by atoms with Gasteiger partial charge in [-0.15, -0.1) is 11.3 Å². The largest absolute Gasteiger partial charge is 0.488 e. The number of ketones is 1. The van der Waals surface area contributed by atoms with E-state index in [2.05, 4.69) is 14.7 Å². The molecule has 2 saturated carbocycles. The molecule has 4 heterocycles. The van der Waals surface area contributed by atoms with Gasteiger partial charge in [0.15, 0.2) is 5.78 Å². The number of rotatable bonds is 11. The lowest BCUT2D eigenvalue weighted by Gasteiger charge is -2.34. The average molecular weight is 967 g/mol. The molecule has 2 aliphatic heterocycles. The molecule has 1 N–H and O–H groups in total. The van der Waals surface area contributed by atoms with Crippen LogP contribution in [0, 0.1) is 29.1 Å². The Bertz CT molecular complexity index is 2440. The smallest absolute Gasteiger partial charge is 0.427 e. The Hall–Kier alpha value is -4.85. The first kappa shape index (κ1) is 49.1. The van der Waals surface area contributed by atoms with Crippen molar-refractivity contribution < 1.29 is 63.4 Å². The van der Waals surface area contributed by atoms with E-state index < -0.39 is 111 Å². The van der Waals surface area contributed by atoms with Crippen LogP contribution in [0.3, 0.4) is 0 Å². The van der Waals surface area contributed by atoms with Gasteiger partial charge in [0.1, 0.15) is 22.6 Å². The highest BCUT2D eigenvalue weighted by Gasteiger charge is 2.62. The first-order valence-corrected chi connectivity index (χ1v) is 24.4. The van der Waals surface area contributed by atoms with Crippen molar-refractivity contribution in [3.05, 3.63) is 65.7 Å². The lowest BCUT2D eigenvalue weighted by molar-refractivity contribution is -0.257. The molecule has 0 bridgehead atoms. The number of alkyl halides is 6. The summed E-state index contributed by atoms with van der Waals surface area (Å²) in [7, 11) is -4.00. The highest BCUT2D eigenvalue weighted by atomic mass is 32.2. The number of hydrogen-bond donors (Lipinski definition) is 1. The van der Waals surface area contributed by atoms with Crippen molar-refractivity contribution >= 4 is 44.9 Å². The molecule has 66 heavy (non-hydrogen) atoms. The van der Waals surface area contributed by atoms with E-state index in [1.165, 1.54) is 34.4 Å². The topological polar surface area (TPSA) is 162 Å². The minimum absolute atomic E-state index is 0.0386. The summed E-state index contributed by atoms with van der Waals surface area (Å²) >= 11 is 1.25. The maximum Gasteiger partial charge on any atom is 0.427 e. The molecule has 7 rings (SSSR count). The number of benzene rings is 1. The van der Waals surface area contributed by atoms with Crippen LogP contribution >= 0.6 is 11.3 Å². The van der Waals surface area contributed by atoms with Crippen LogP contribution in [0.4, 0.5) is 26.3 Å². The Balaban J connectivity index is 1.26. The van der Waals surface area contributed by atoms with Crippen molar-refractivity contribution in [2.24, 2.45) is 29.1 Å². The van der Waals surface area contributed by atoms with Gasteiger partial charge in [-0.05, 0) is 82.3 Å². The number of thiazole rings is 1. The van der Waals surface area contributed by atoms with Crippen molar-refractivity contribution in [2.75, 3.05) is 6.54 Å².